The number of rotatable bonds is 7. The van der Waals surface area contributed by atoms with Gasteiger partial charge in [-0.3, -0.25) is 5.32 Å². The smallest absolute Gasteiger partial charge is 0.413 e. The van der Waals surface area contributed by atoms with Crippen LogP contribution in [0, 0.1) is 0 Å². The predicted molar refractivity (Wildman–Crippen MR) is 131 cm³/mol. The van der Waals surface area contributed by atoms with Crippen molar-refractivity contribution in [2.75, 3.05) is 37.3 Å². The normalized spacial score (nSPS) is 10.4. The number of fused-ring (bicyclic) bond motifs is 1. The molecule has 180 valence electrons. The Morgan fingerprint density at radius 1 is 0.800 bits per heavy atom. The standard InChI is InChI=1S/C24H23N5O6/c1-32-16-9-11-21(33-2)20(12-16)28-23(30)25-14-4-6-15(7-5-14)35-17-8-10-18-19(13-17)27-22(26-18)29-24(31)34-3/h4-13H,1-3H3,(H2,25,28,30)(H2,26,27,29,31). The van der Waals surface area contributed by atoms with Crippen LogP contribution in [-0.2, 0) is 4.74 Å². The van der Waals surface area contributed by atoms with Crippen LogP contribution in [0.2, 0.25) is 0 Å². The van der Waals surface area contributed by atoms with Crippen LogP contribution in [0.25, 0.3) is 11.0 Å². The molecular formula is C24H23N5O6. The number of ether oxygens (including phenoxy) is 4. The molecule has 0 bridgehead atoms. The van der Waals surface area contributed by atoms with E-state index >= 15 is 0 Å². The molecule has 0 atom stereocenters. The summed E-state index contributed by atoms with van der Waals surface area (Å²) in [5.74, 6) is 2.50. The number of carbonyl (C=O) groups is 2. The summed E-state index contributed by atoms with van der Waals surface area (Å²) in [5, 5.41) is 7.98. The van der Waals surface area contributed by atoms with Gasteiger partial charge in [-0.05, 0) is 48.5 Å². The van der Waals surface area contributed by atoms with Gasteiger partial charge in [0.05, 0.1) is 38.1 Å². The quantitative estimate of drug-likeness (QED) is 0.287. The second kappa shape index (κ2) is 10.3. The number of hydrogen-bond donors (Lipinski definition) is 4. The van der Waals surface area contributed by atoms with Crippen molar-refractivity contribution in [2.24, 2.45) is 0 Å². The SMILES string of the molecule is COC(=O)Nc1nc2ccc(Oc3ccc(NC(=O)Nc4cc(OC)ccc4OC)cc3)cc2[nH]1. The van der Waals surface area contributed by atoms with Gasteiger partial charge in [-0.25, -0.2) is 14.6 Å². The Hall–Kier alpha value is -4.93. The van der Waals surface area contributed by atoms with Crippen molar-refractivity contribution in [3.05, 3.63) is 60.7 Å². The minimum atomic E-state index is -0.620. The van der Waals surface area contributed by atoms with Crippen LogP contribution in [0.4, 0.5) is 26.9 Å². The van der Waals surface area contributed by atoms with Crippen molar-refractivity contribution in [2.45, 2.75) is 0 Å². The number of nitrogens with one attached hydrogen (secondary N) is 4. The maximum absolute atomic E-state index is 12.4. The zero-order valence-electron chi connectivity index (χ0n) is 19.2. The number of methoxy groups -OCH3 is 3. The van der Waals surface area contributed by atoms with Crippen LogP contribution >= 0.6 is 0 Å². The van der Waals surface area contributed by atoms with E-state index in [0.717, 1.165) is 0 Å². The van der Waals surface area contributed by atoms with E-state index in [1.165, 1.54) is 14.2 Å². The molecule has 1 heterocycles. The molecule has 1 aromatic heterocycles. The van der Waals surface area contributed by atoms with Gasteiger partial charge in [0.2, 0.25) is 5.95 Å². The average molecular weight is 477 g/mol. The minimum Gasteiger partial charge on any atom is -0.497 e. The Balaban J connectivity index is 1.39. The Kier molecular flexibility index (Phi) is 6.86. The number of benzene rings is 3. The highest BCUT2D eigenvalue weighted by Crippen LogP contribution is 2.29. The summed E-state index contributed by atoms with van der Waals surface area (Å²) in [5.41, 5.74) is 2.38. The first-order valence-electron chi connectivity index (χ1n) is 10.4. The van der Waals surface area contributed by atoms with Crippen LogP contribution < -0.4 is 30.2 Å². The van der Waals surface area contributed by atoms with Crippen molar-refractivity contribution in [1.82, 2.24) is 9.97 Å². The third-order valence-corrected chi connectivity index (χ3v) is 4.86. The summed E-state index contributed by atoms with van der Waals surface area (Å²) >= 11 is 0. The topological polar surface area (TPSA) is 136 Å². The monoisotopic (exact) mass is 477 g/mol. The van der Waals surface area contributed by atoms with Crippen molar-refractivity contribution >= 4 is 40.5 Å². The van der Waals surface area contributed by atoms with E-state index in [-0.39, 0.29) is 5.95 Å². The fourth-order valence-corrected chi connectivity index (χ4v) is 3.20. The summed E-state index contributed by atoms with van der Waals surface area (Å²) in [4.78, 5) is 31.0. The van der Waals surface area contributed by atoms with E-state index in [1.807, 2.05) is 0 Å². The van der Waals surface area contributed by atoms with Crippen LogP contribution in [0.1, 0.15) is 0 Å². The lowest BCUT2D eigenvalue weighted by atomic mass is 10.2. The first kappa shape index (κ1) is 23.2. The number of anilines is 3. The lowest BCUT2D eigenvalue weighted by Crippen LogP contribution is -2.19. The molecule has 35 heavy (non-hydrogen) atoms. The Morgan fingerprint density at radius 2 is 1.54 bits per heavy atom. The molecule has 0 saturated carbocycles. The number of amides is 3. The van der Waals surface area contributed by atoms with Gasteiger partial charge in [0.25, 0.3) is 0 Å². The molecule has 4 N–H and O–H groups in total. The number of H-pyrrole nitrogens is 1. The minimum absolute atomic E-state index is 0.268. The maximum atomic E-state index is 12.4. The van der Waals surface area contributed by atoms with Gasteiger partial charge >= 0.3 is 12.1 Å². The third kappa shape index (κ3) is 5.71. The summed E-state index contributed by atoms with van der Waals surface area (Å²) < 4.78 is 20.9. The molecule has 0 spiro atoms. The fourth-order valence-electron chi connectivity index (χ4n) is 3.20. The number of urea groups is 1. The molecule has 4 rings (SSSR count). The number of hydrogen-bond acceptors (Lipinski definition) is 7. The van der Waals surface area contributed by atoms with Gasteiger partial charge < -0.3 is 34.6 Å². The summed E-state index contributed by atoms with van der Waals surface area (Å²) in [7, 11) is 4.34. The fraction of sp³-hybridized carbons (Fsp3) is 0.125. The van der Waals surface area contributed by atoms with Gasteiger partial charge in [-0.2, -0.15) is 0 Å². The first-order chi connectivity index (χ1) is 17.0. The molecule has 0 unspecified atom stereocenters. The van der Waals surface area contributed by atoms with Crippen LogP contribution in [0.5, 0.6) is 23.0 Å². The van der Waals surface area contributed by atoms with Crippen molar-refractivity contribution in [1.29, 1.82) is 0 Å². The maximum Gasteiger partial charge on any atom is 0.413 e. The lowest BCUT2D eigenvalue weighted by molar-refractivity contribution is 0.186. The van der Waals surface area contributed by atoms with Gasteiger partial charge in [-0.15, -0.1) is 0 Å². The van der Waals surface area contributed by atoms with Crippen LogP contribution in [0.15, 0.2) is 60.7 Å². The van der Waals surface area contributed by atoms with Gasteiger partial charge in [0.15, 0.2) is 0 Å². The molecule has 3 aromatic carbocycles. The van der Waals surface area contributed by atoms with Crippen molar-refractivity contribution in [3.63, 3.8) is 0 Å². The van der Waals surface area contributed by atoms with E-state index in [9.17, 15) is 9.59 Å². The zero-order chi connectivity index (χ0) is 24.8. The van der Waals surface area contributed by atoms with Gasteiger partial charge in [0.1, 0.15) is 23.0 Å². The average Bonchev–Trinajstić information content (AvgIpc) is 3.26. The van der Waals surface area contributed by atoms with E-state index in [2.05, 4.69) is 30.7 Å². The second-order valence-corrected chi connectivity index (χ2v) is 7.15. The number of carbonyl (C=O) groups excluding carboxylic acids is 2. The van der Waals surface area contributed by atoms with E-state index in [1.54, 1.807) is 67.8 Å². The van der Waals surface area contributed by atoms with Crippen molar-refractivity contribution in [3.8, 4) is 23.0 Å². The number of nitrogens with zero attached hydrogens (tertiary/aromatic N) is 1. The van der Waals surface area contributed by atoms with E-state index in [0.29, 0.717) is 45.4 Å². The molecule has 11 heteroatoms. The first-order valence-corrected chi connectivity index (χ1v) is 10.4. The Morgan fingerprint density at radius 3 is 2.26 bits per heavy atom. The number of imidazole rings is 1. The second-order valence-electron chi connectivity index (χ2n) is 7.15. The summed E-state index contributed by atoms with van der Waals surface area (Å²) in [6.07, 6.45) is -0.620. The molecule has 0 aliphatic carbocycles. The molecule has 11 nitrogen and oxygen atoms in total. The number of aromatic amines is 1. The van der Waals surface area contributed by atoms with Crippen molar-refractivity contribution < 1.29 is 28.5 Å². The van der Waals surface area contributed by atoms with Crippen LogP contribution in [0.3, 0.4) is 0 Å². The highest BCUT2D eigenvalue weighted by Gasteiger charge is 2.11. The molecule has 0 fully saturated rings. The number of aromatic nitrogens is 2. The van der Waals surface area contributed by atoms with Gasteiger partial charge in [-0.1, -0.05) is 0 Å². The third-order valence-electron chi connectivity index (χ3n) is 4.86. The molecular weight excluding hydrogens is 454 g/mol. The lowest BCUT2D eigenvalue weighted by Gasteiger charge is -2.13. The molecule has 4 aromatic rings. The zero-order valence-corrected chi connectivity index (χ0v) is 19.2. The van der Waals surface area contributed by atoms with Gasteiger partial charge in [0, 0.05) is 17.8 Å². The summed E-state index contributed by atoms with van der Waals surface area (Å²) in [6, 6.07) is 16.8. The van der Waals surface area contributed by atoms with E-state index in [4.69, 9.17) is 14.2 Å². The van der Waals surface area contributed by atoms with E-state index < -0.39 is 12.1 Å². The highest BCUT2D eigenvalue weighted by molar-refractivity contribution is 6.00. The summed E-state index contributed by atoms with van der Waals surface area (Å²) in [6.45, 7) is 0. The Labute approximate surface area is 200 Å². The van der Waals surface area contributed by atoms with Crippen LogP contribution in [-0.4, -0.2) is 43.4 Å². The molecule has 0 radical (unpaired) electrons. The molecule has 0 aliphatic heterocycles. The molecule has 3 amide bonds. The Bertz CT molecular complexity index is 1350. The molecule has 0 saturated heterocycles. The highest BCUT2D eigenvalue weighted by atomic mass is 16.5. The molecule has 0 aliphatic rings. The predicted octanol–water partition coefficient (Wildman–Crippen LogP) is 5.19. The largest absolute Gasteiger partial charge is 0.497 e.